The summed E-state index contributed by atoms with van der Waals surface area (Å²) >= 11 is 0. The highest BCUT2D eigenvalue weighted by Gasteiger charge is 2.42. The van der Waals surface area contributed by atoms with Crippen LogP contribution in [0.4, 0.5) is 0 Å². The molecule has 0 aromatic heterocycles. The van der Waals surface area contributed by atoms with E-state index in [0.29, 0.717) is 25.0 Å². The Morgan fingerprint density at radius 3 is 1.19 bits per heavy atom. The molecular formula is C32H66O3P+. The van der Waals surface area contributed by atoms with E-state index in [1.54, 1.807) is 0 Å². The molecule has 0 spiro atoms. The summed E-state index contributed by atoms with van der Waals surface area (Å²) in [4.78, 5) is 0. The van der Waals surface area contributed by atoms with E-state index in [9.17, 15) is 4.57 Å². The lowest BCUT2D eigenvalue weighted by atomic mass is 9.67. The molecule has 0 radical (unpaired) electrons. The van der Waals surface area contributed by atoms with Crippen LogP contribution in [0.15, 0.2) is 0 Å². The summed E-state index contributed by atoms with van der Waals surface area (Å²) < 4.78 is 25.4. The van der Waals surface area contributed by atoms with Crippen molar-refractivity contribution in [1.29, 1.82) is 0 Å². The van der Waals surface area contributed by atoms with Crippen LogP contribution in [0.25, 0.3) is 0 Å². The summed E-state index contributed by atoms with van der Waals surface area (Å²) in [5.74, 6) is 1.26. The fraction of sp³-hybridized carbons (Fsp3) is 1.00. The normalized spacial score (nSPS) is 17.4. The summed E-state index contributed by atoms with van der Waals surface area (Å²) in [5, 5.41) is 0. The molecule has 0 aliphatic heterocycles. The molecule has 4 atom stereocenters. The molecule has 0 aliphatic carbocycles. The van der Waals surface area contributed by atoms with Crippen LogP contribution < -0.4 is 0 Å². The highest BCUT2D eigenvalue weighted by Crippen LogP contribution is 2.47. The maximum atomic E-state index is 13.2. The SMILES string of the molecule is CCCCCC(CC)C(CC)(CCCC)CO[P+](=O)OCC(CC)(CCCC)C(CC)CCCCC. The van der Waals surface area contributed by atoms with Gasteiger partial charge in [-0.3, -0.25) is 0 Å². The molecule has 0 saturated heterocycles. The zero-order valence-electron chi connectivity index (χ0n) is 26.0. The Bertz CT molecular complexity index is 482. The second-order valence-electron chi connectivity index (χ2n) is 11.6. The van der Waals surface area contributed by atoms with Crippen LogP contribution in [-0.4, -0.2) is 13.2 Å². The first-order valence-corrected chi connectivity index (χ1v) is 17.2. The fourth-order valence-electron chi connectivity index (χ4n) is 6.55. The number of rotatable bonds is 26. The molecule has 0 aromatic carbocycles. The van der Waals surface area contributed by atoms with Crippen molar-refractivity contribution in [2.45, 2.75) is 171 Å². The lowest BCUT2D eigenvalue weighted by Crippen LogP contribution is -2.35. The molecule has 0 saturated carbocycles. The first-order chi connectivity index (χ1) is 17.4. The van der Waals surface area contributed by atoms with Gasteiger partial charge in [-0.05, 0) is 50.4 Å². The topological polar surface area (TPSA) is 35.5 Å². The van der Waals surface area contributed by atoms with E-state index in [1.165, 1.54) is 103 Å². The second-order valence-corrected chi connectivity index (χ2v) is 12.6. The van der Waals surface area contributed by atoms with E-state index in [4.69, 9.17) is 9.05 Å². The Hall–Kier alpha value is 0.0200. The third-order valence-electron chi connectivity index (χ3n) is 9.41. The van der Waals surface area contributed by atoms with Crippen LogP contribution >= 0.6 is 8.25 Å². The van der Waals surface area contributed by atoms with Crippen molar-refractivity contribution in [3.05, 3.63) is 0 Å². The minimum Gasteiger partial charge on any atom is -0.118 e. The molecule has 0 amide bonds. The Kier molecular flexibility index (Phi) is 21.9. The lowest BCUT2D eigenvalue weighted by molar-refractivity contribution is 0.0221. The predicted molar refractivity (Wildman–Crippen MR) is 160 cm³/mol. The van der Waals surface area contributed by atoms with Crippen molar-refractivity contribution < 1.29 is 13.6 Å². The van der Waals surface area contributed by atoms with E-state index in [2.05, 4.69) is 55.4 Å². The van der Waals surface area contributed by atoms with Gasteiger partial charge in [0.05, 0.1) is 0 Å². The molecule has 0 bridgehead atoms. The van der Waals surface area contributed by atoms with Gasteiger partial charge < -0.3 is 0 Å². The van der Waals surface area contributed by atoms with Gasteiger partial charge in [-0.25, -0.2) is 0 Å². The van der Waals surface area contributed by atoms with E-state index < -0.39 is 8.25 Å². The van der Waals surface area contributed by atoms with Crippen LogP contribution in [0.1, 0.15) is 171 Å². The van der Waals surface area contributed by atoms with Crippen LogP contribution in [0.2, 0.25) is 0 Å². The Morgan fingerprint density at radius 2 is 0.917 bits per heavy atom. The van der Waals surface area contributed by atoms with Crippen molar-refractivity contribution >= 4 is 8.25 Å². The first-order valence-electron chi connectivity index (χ1n) is 16.1. The lowest BCUT2D eigenvalue weighted by Gasteiger charge is -2.39. The van der Waals surface area contributed by atoms with Crippen molar-refractivity contribution in [1.82, 2.24) is 0 Å². The summed E-state index contributed by atoms with van der Waals surface area (Å²) in [6, 6.07) is 0. The van der Waals surface area contributed by atoms with E-state index in [1.807, 2.05) is 0 Å². The van der Waals surface area contributed by atoms with Gasteiger partial charge in [0, 0.05) is 15.4 Å². The standard InChI is InChI=1S/C32H66O3P/c1-9-17-21-23-29(13-5)31(15-7,25-19-11-3)27-34-36(33)35-28-32(16-8,26-20-12-4)30(14-6)24-22-18-10-2/h29-30H,9-28H2,1-8H3/q+1. The second kappa shape index (κ2) is 21.9. The van der Waals surface area contributed by atoms with Crippen molar-refractivity contribution in [3.8, 4) is 0 Å². The summed E-state index contributed by atoms with van der Waals surface area (Å²) in [7, 11) is -2.09. The highest BCUT2D eigenvalue weighted by molar-refractivity contribution is 7.33. The van der Waals surface area contributed by atoms with Gasteiger partial charge in [-0.15, -0.1) is 9.05 Å². The number of hydrogen-bond donors (Lipinski definition) is 0. The summed E-state index contributed by atoms with van der Waals surface area (Å²) in [6.07, 6.45) is 21.9. The molecule has 3 nitrogen and oxygen atoms in total. The third-order valence-corrected chi connectivity index (χ3v) is 10.1. The van der Waals surface area contributed by atoms with Crippen LogP contribution in [0.5, 0.6) is 0 Å². The molecule has 4 heteroatoms. The zero-order valence-corrected chi connectivity index (χ0v) is 26.9. The Morgan fingerprint density at radius 1 is 0.556 bits per heavy atom. The molecule has 0 aromatic rings. The molecule has 0 rings (SSSR count). The monoisotopic (exact) mass is 529 g/mol. The van der Waals surface area contributed by atoms with Crippen LogP contribution in [0, 0.1) is 22.7 Å². The molecule has 0 N–H and O–H groups in total. The maximum Gasteiger partial charge on any atom is 0.697 e. The van der Waals surface area contributed by atoms with Gasteiger partial charge in [0.2, 0.25) is 0 Å². The van der Waals surface area contributed by atoms with Crippen molar-refractivity contribution in [3.63, 3.8) is 0 Å². The highest BCUT2D eigenvalue weighted by atomic mass is 31.1. The van der Waals surface area contributed by atoms with E-state index in [-0.39, 0.29) is 10.8 Å². The van der Waals surface area contributed by atoms with Gasteiger partial charge in [0.1, 0.15) is 13.2 Å². The Balaban J connectivity index is 5.41. The number of hydrogen-bond acceptors (Lipinski definition) is 3. The van der Waals surface area contributed by atoms with Gasteiger partial charge in [-0.1, -0.05) is 132 Å². The summed E-state index contributed by atoms with van der Waals surface area (Å²) in [5.41, 5.74) is 0.228. The zero-order chi connectivity index (χ0) is 27.3. The molecule has 4 unspecified atom stereocenters. The van der Waals surface area contributed by atoms with Gasteiger partial charge in [0.25, 0.3) is 0 Å². The number of unbranched alkanes of at least 4 members (excludes halogenated alkanes) is 6. The fourth-order valence-corrected chi connectivity index (χ4v) is 7.35. The van der Waals surface area contributed by atoms with Crippen molar-refractivity contribution in [2.24, 2.45) is 22.7 Å². The maximum absolute atomic E-state index is 13.2. The van der Waals surface area contributed by atoms with Gasteiger partial charge in [0.15, 0.2) is 0 Å². The van der Waals surface area contributed by atoms with Gasteiger partial charge >= 0.3 is 8.25 Å². The van der Waals surface area contributed by atoms with Gasteiger partial charge in [-0.2, -0.15) is 0 Å². The molecule has 0 heterocycles. The van der Waals surface area contributed by atoms with E-state index >= 15 is 0 Å². The molecule has 216 valence electrons. The molecule has 36 heavy (non-hydrogen) atoms. The molecule has 0 fully saturated rings. The summed E-state index contributed by atoms with van der Waals surface area (Å²) in [6.45, 7) is 19.5. The molecular weight excluding hydrogens is 463 g/mol. The first kappa shape index (κ1) is 36.0. The quantitative estimate of drug-likeness (QED) is 0.0825. The predicted octanol–water partition coefficient (Wildman–Crippen LogP) is 12.1. The average molecular weight is 530 g/mol. The largest absolute Gasteiger partial charge is 0.697 e. The third kappa shape index (κ3) is 12.7. The van der Waals surface area contributed by atoms with Crippen LogP contribution in [0.3, 0.4) is 0 Å². The average Bonchev–Trinajstić information content (AvgIpc) is 2.90. The van der Waals surface area contributed by atoms with E-state index in [0.717, 1.165) is 12.8 Å². The molecule has 0 aliphatic rings. The minimum absolute atomic E-state index is 0.114. The minimum atomic E-state index is -2.09. The Labute approximate surface area is 228 Å². The van der Waals surface area contributed by atoms with Crippen LogP contribution in [-0.2, 0) is 13.6 Å². The van der Waals surface area contributed by atoms with Crippen molar-refractivity contribution in [2.75, 3.05) is 13.2 Å². The smallest absolute Gasteiger partial charge is 0.118 e.